The second-order valence-electron chi connectivity index (χ2n) is 7.69. The maximum atomic E-state index is 6.07. The zero-order valence-corrected chi connectivity index (χ0v) is 13.5. The van der Waals surface area contributed by atoms with Gasteiger partial charge in [-0.3, -0.25) is 0 Å². The lowest BCUT2D eigenvalue weighted by Crippen LogP contribution is -2.41. The highest BCUT2D eigenvalue weighted by atomic mass is 16.7. The van der Waals surface area contributed by atoms with E-state index in [9.17, 15) is 0 Å². The molecule has 19 heavy (non-hydrogen) atoms. The number of likely N-dealkylation sites (tertiary alicyclic amines) is 1. The average Bonchev–Trinajstić information content (AvgIpc) is 2.43. The van der Waals surface area contributed by atoms with Gasteiger partial charge in [-0.15, -0.1) is 0 Å². The van der Waals surface area contributed by atoms with E-state index >= 15 is 0 Å². The Morgan fingerprint density at radius 3 is 2.21 bits per heavy atom. The minimum Gasteiger partial charge on any atom is -0.403 e. The molecule has 2 saturated heterocycles. The van der Waals surface area contributed by atoms with Gasteiger partial charge in [-0.25, -0.2) is 0 Å². The van der Waals surface area contributed by atoms with Crippen LogP contribution in [0.4, 0.5) is 0 Å². The van der Waals surface area contributed by atoms with Crippen LogP contribution in [0, 0.1) is 11.8 Å². The molecule has 2 aliphatic rings. The first-order valence-electron chi connectivity index (χ1n) is 7.74. The smallest absolute Gasteiger partial charge is 0.403 e. The Labute approximate surface area is 119 Å². The number of rotatable bonds is 3. The number of hydrogen-bond donors (Lipinski definition) is 0. The molecule has 2 atom stereocenters. The zero-order chi connectivity index (χ0) is 14.3. The summed E-state index contributed by atoms with van der Waals surface area (Å²) in [4.78, 5) is 2.46. The molecule has 2 rings (SSSR count). The van der Waals surface area contributed by atoms with Crippen LogP contribution in [0.2, 0.25) is 6.32 Å². The van der Waals surface area contributed by atoms with E-state index in [1.54, 1.807) is 0 Å². The standard InChI is InChI=1S/C15H30BNO2/c1-12-9-13(11-17(6)10-12)7-8-16-18-14(2,3)15(4,5)19-16/h12-13H,7-11H2,1-6H3/t12-,13-/m0/s1. The van der Waals surface area contributed by atoms with Gasteiger partial charge in [0, 0.05) is 13.1 Å². The second kappa shape index (κ2) is 5.38. The van der Waals surface area contributed by atoms with Crippen LogP contribution >= 0.6 is 0 Å². The molecule has 3 nitrogen and oxygen atoms in total. The monoisotopic (exact) mass is 267 g/mol. The van der Waals surface area contributed by atoms with Crippen LogP contribution in [0.15, 0.2) is 0 Å². The molecule has 0 aliphatic carbocycles. The summed E-state index contributed by atoms with van der Waals surface area (Å²) in [5.41, 5.74) is -0.372. The van der Waals surface area contributed by atoms with Crippen LogP contribution < -0.4 is 0 Å². The lowest BCUT2D eigenvalue weighted by Gasteiger charge is -2.34. The quantitative estimate of drug-likeness (QED) is 0.733. The van der Waals surface area contributed by atoms with E-state index in [1.807, 2.05) is 0 Å². The summed E-state index contributed by atoms with van der Waals surface area (Å²) in [5, 5.41) is 0. The first-order chi connectivity index (χ1) is 8.69. The molecule has 0 aromatic rings. The van der Waals surface area contributed by atoms with Crippen molar-refractivity contribution in [1.82, 2.24) is 4.90 Å². The summed E-state index contributed by atoms with van der Waals surface area (Å²) in [7, 11) is 2.21. The van der Waals surface area contributed by atoms with Gasteiger partial charge in [-0.1, -0.05) is 13.3 Å². The molecule has 4 heteroatoms. The first-order valence-corrected chi connectivity index (χ1v) is 7.74. The zero-order valence-electron chi connectivity index (χ0n) is 13.5. The highest BCUT2D eigenvalue weighted by Gasteiger charge is 2.50. The number of piperidine rings is 1. The van der Waals surface area contributed by atoms with Crippen LogP contribution in [-0.2, 0) is 9.31 Å². The average molecular weight is 267 g/mol. The molecule has 2 fully saturated rings. The second-order valence-corrected chi connectivity index (χ2v) is 7.69. The van der Waals surface area contributed by atoms with Gasteiger partial charge in [0.15, 0.2) is 0 Å². The third-order valence-corrected chi connectivity index (χ3v) is 5.04. The Hall–Kier alpha value is -0.0551. The van der Waals surface area contributed by atoms with Crippen LogP contribution in [-0.4, -0.2) is 43.4 Å². The van der Waals surface area contributed by atoms with Crippen LogP contribution in [0.5, 0.6) is 0 Å². The minimum atomic E-state index is -0.186. The third kappa shape index (κ3) is 3.53. The van der Waals surface area contributed by atoms with E-state index in [4.69, 9.17) is 9.31 Å². The Morgan fingerprint density at radius 2 is 1.68 bits per heavy atom. The molecule has 2 aliphatic heterocycles. The number of hydrogen-bond acceptors (Lipinski definition) is 3. The van der Waals surface area contributed by atoms with Gasteiger partial charge in [0.05, 0.1) is 11.2 Å². The largest absolute Gasteiger partial charge is 0.457 e. The van der Waals surface area contributed by atoms with Gasteiger partial charge in [-0.2, -0.15) is 0 Å². The van der Waals surface area contributed by atoms with Crippen molar-refractivity contribution in [2.75, 3.05) is 20.1 Å². The normalized spacial score (nSPS) is 34.7. The molecule has 0 amide bonds. The maximum absolute atomic E-state index is 6.07. The van der Waals surface area contributed by atoms with Crippen molar-refractivity contribution in [2.24, 2.45) is 11.8 Å². The van der Waals surface area contributed by atoms with Crippen LogP contribution in [0.3, 0.4) is 0 Å². The summed E-state index contributed by atoms with van der Waals surface area (Å²) >= 11 is 0. The predicted octanol–water partition coefficient (Wildman–Crippen LogP) is 3.06. The van der Waals surface area contributed by atoms with Gasteiger partial charge in [0.25, 0.3) is 0 Å². The van der Waals surface area contributed by atoms with E-state index in [2.05, 4.69) is 46.6 Å². The van der Waals surface area contributed by atoms with Crippen molar-refractivity contribution in [3.05, 3.63) is 0 Å². The Bertz CT molecular complexity index is 293. The molecular formula is C15H30BNO2. The molecule has 0 unspecified atom stereocenters. The Balaban J connectivity index is 1.81. The highest BCUT2D eigenvalue weighted by Crippen LogP contribution is 2.38. The number of nitrogens with zero attached hydrogens (tertiary/aromatic N) is 1. The van der Waals surface area contributed by atoms with Crippen molar-refractivity contribution in [3.8, 4) is 0 Å². The van der Waals surface area contributed by atoms with E-state index in [1.165, 1.54) is 25.9 Å². The summed E-state index contributed by atoms with van der Waals surface area (Å²) < 4.78 is 12.1. The Morgan fingerprint density at radius 1 is 1.11 bits per heavy atom. The van der Waals surface area contributed by atoms with Crippen molar-refractivity contribution in [1.29, 1.82) is 0 Å². The van der Waals surface area contributed by atoms with Gasteiger partial charge < -0.3 is 14.2 Å². The fourth-order valence-electron chi connectivity index (χ4n) is 3.43. The van der Waals surface area contributed by atoms with Crippen LogP contribution in [0.1, 0.15) is 47.5 Å². The van der Waals surface area contributed by atoms with E-state index in [0.29, 0.717) is 0 Å². The van der Waals surface area contributed by atoms with Crippen molar-refractivity contribution in [2.45, 2.75) is 65.0 Å². The van der Waals surface area contributed by atoms with E-state index in [0.717, 1.165) is 18.2 Å². The molecule has 0 aromatic heterocycles. The first kappa shape index (κ1) is 15.3. The summed E-state index contributed by atoms with van der Waals surface area (Å²) in [5.74, 6) is 1.62. The Kier molecular flexibility index (Phi) is 4.34. The van der Waals surface area contributed by atoms with Crippen molar-refractivity contribution < 1.29 is 9.31 Å². The van der Waals surface area contributed by atoms with Gasteiger partial charge in [-0.05, 0) is 59.3 Å². The fourth-order valence-corrected chi connectivity index (χ4v) is 3.43. The maximum Gasteiger partial charge on any atom is 0.457 e. The summed E-state index contributed by atoms with van der Waals surface area (Å²) in [6.07, 6.45) is 3.59. The highest BCUT2D eigenvalue weighted by molar-refractivity contribution is 6.45. The van der Waals surface area contributed by atoms with Gasteiger partial charge in [0.1, 0.15) is 0 Å². The van der Waals surface area contributed by atoms with E-state index in [-0.39, 0.29) is 18.3 Å². The minimum absolute atomic E-state index is 0.0208. The van der Waals surface area contributed by atoms with Gasteiger partial charge in [0.2, 0.25) is 0 Å². The molecule has 110 valence electrons. The lowest BCUT2D eigenvalue weighted by molar-refractivity contribution is 0.00578. The SMILES string of the molecule is C[C@H]1C[C@H](CCB2OC(C)(C)C(C)(C)O2)CN(C)C1. The van der Waals surface area contributed by atoms with E-state index < -0.39 is 0 Å². The third-order valence-electron chi connectivity index (χ3n) is 5.04. The van der Waals surface area contributed by atoms with Gasteiger partial charge >= 0.3 is 7.12 Å². The topological polar surface area (TPSA) is 21.7 Å². The summed E-state index contributed by atoms with van der Waals surface area (Å²) in [6, 6.07) is 0. The van der Waals surface area contributed by atoms with Crippen molar-refractivity contribution >= 4 is 7.12 Å². The molecule has 0 saturated carbocycles. The molecule has 0 spiro atoms. The molecule has 0 radical (unpaired) electrons. The summed E-state index contributed by atoms with van der Waals surface area (Å²) in [6.45, 7) is 13.3. The molecule has 2 heterocycles. The lowest BCUT2D eigenvalue weighted by atomic mass is 9.77. The van der Waals surface area contributed by atoms with Crippen LogP contribution in [0.25, 0.3) is 0 Å². The van der Waals surface area contributed by atoms with Crippen molar-refractivity contribution in [3.63, 3.8) is 0 Å². The molecule has 0 N–H and O–H groups in total. The molecular weight excluding hydrogens is 237 g/mol. The fraction of sp³-hybridized carbons (Fsp3) is 1.00. The molecule has 0 aromatic carbocycles. The molecule has 0 bridgehead atoms. The predicted molar refractivity (Wildman–Crippen MR) is 80.3 cm³/mol.